The molecule has 1 atom stereocenters. The van der Waals surface area contributed by atoms with E-state index in [-0.39, 0.29) is 23.3 Å². The molecule has 1 unspecified atom stereocenters. The van der Waals surface area contributed by atoms with E-state index in [2.05, 4.69) is 9.97 Å². The van der Waals surface area contributed by atoms with E-state index in [0.717, 1.165) is 0 Å². The molecule has 0 spiro atoms. The number of carbonyl (C=O) groups excluding carboxylic acids is 1. The van der Waals surface area contributed by atoms with Gasteiger partial charge in [0.1, 0.15) is 5.69 Å². The molecule has 0 aromatic carbocycles. The summed E-state index contributed by atoms with van der Waals surface area (Å²) in [6.45, 7) is 0.904. The Kier molecular flexibility index (Phi) is 2.61. The number of aromatic nitrogens is 2. The first-order valence-electron chi connectivity index (χ1n) is 4.97. The Morgan fingerprint density at radius 2 is 2.31 bits per heavy atom. The van der Waals surface area contributed by atoms with Crippen molar-refractivity contribution in [1.82, 2.24) is 9.97 Å². The lowest BCUT2D eigenvalue weighted by Gasteiger charge is -2.16. The van der Waals surface area contributed by atoms with Gasteiger partial charge in [-0.1, -0.05) is 0 Å². The van der Waals surface area contributed by atoms with Crippen LogP contribution in [0, 0.1) is 5.92 Å². The fraction of sp³-hybridized carbons (Fsp3) is 0.444. The van der Waals surface area contributed by atoms with Gasteiger partial charge in [-0.15, -0.1) is 0 Å². The minimum Gasteiger partial charge on any atom is -0.391 e. The zero-order chi connectivity index (χ0) is 11.7. The first-order valence-corrected chi connectivity index (χ1v) is 4.97. The van der Waals surface area contributed by atoms with Crippen LogP contribution in [-0.4, -0.2) is 29.0 Å². The normalized spacial score (nSPS) is 20.4. The van der Waals surface area contributed by atoms with Crippen LogP contribution in [0.3, 0.4) is 0 Å². The molecule has 1 fully saturated rings. The Morgan fingerprint density at radius 1 is 1.56 bits per heavy atom. The number of H-pyrrole nitrogens is 1. The molecule has 7 nitrogen and oxygen atoms in total. The van der Waals surface area contributed by atoms with Crippen molar-refractivity contribution in [3.8, 4) is 0 Å². The molecular formula is C9H13N5O2. The minimum atomic E-state index is -0.436. The lowest BCUT2D eigenvalue weighted by Crippen LogP contribution is -2.29. The molecule has 5 N–H and O–H groups in total. The molecule has 16 heavy (non-hydrogen) atoms. The highest BCUT2D eigenvalue weighted by Gasteiger charge is 2.31. The summed E-state index contributed by atoms with van der Waals surface area (Å²) in [5.41, 5.74) is 10.6. The summed E-state index contributed by atoms with van der Waals surface area (Å²) in [7, 11) is 0. The molecule has 2 heterocycles. The number of nitrogens with zero attached hydrogens (tertiary/aromatic N) is 2. The number of aromatic amines is 1. The maximum absolute atomic E-state index is 11.7. The van der Waals surface area contributed by atoms with Gasteiger partial charge >= 0.3 is 0 Å². The number of amides is 1. The third-order valence-electron chi connectivity index (χ3n) is 2.66. The van der Waals surface area contributed by atoms with Crippen LogP contribution in [0.1, 0.15) is 6.42 Å². The van der Waals surface area contributed by atoms with Gasteiger partial charge in [0.25, 0.3) is 5.56 Å². The molecule has 7 heteroatoms. The molecule has 1 saturated heterocycles. The van der Waals surface area contributed by atoms with Gasteiger partial charge in [-0.3, -0.25) is 14.5 Å². The first kappa shape index (κ1) is 10.6. The van der Waals surface area contributed by atoms with Crippen LogP contribution in [0.25, 0.3) is 0 Å². The molecular weight excluding hydrogens is 210 g/mol. The van der Waals surface area contributed by atoms with Gasteiger partial charge in [-0.25, -0.2) is 4.98 Å². The summed E-state index contributed by atoms with van der Waals surface area (Å²) in [6.07, 6.45) is 1.61. The van der Waals surface area contributed by atoms with E-state index < -0.39 is 5.56 Å². The van der Waals surface area contributed by atoms with E-state index in [4.69, 9.17) is 11.5 Å². The minimum absolute atomic E-state index is 0.0338. The maximum Gasteiger partial charge on any atom is 0.276 e. The van der Waals surface area contributed by atoms with Crippen LogP contribution < -0.4 is 21.9 Å². The standard InChI is InChI=1S/C9H13N5O2/c10-2-5-1-6(15)14(3-5)8-7(11)9(16)13-4-12-8/h4-5H,1-3,10-11H2,(H,12,13,16). The monoisotopic (exact) mass is 223 g/mol. The number of nitrogens with two attached hydrogens (primary N) is 2. The van der Waals surface area contributed by atoms with Gasteiger partial charge < -0.3 is 16.5 Å². The fourth-order valence-electron chi connectivity index (χ4n) is 1.76. The molecule has 0 saturated carbocycles. The topological polar surface area (TPSA) is 118 Å². The number of anilines is 2. The van der Waals surface area contributed by atoms with E-state index in [1.165, 1.54) is 11.2 Å². The Hall–Kier alpha value is -1.89. The molecule has 86 valence electrons. The maximum atomic E-state index is 11.7. The molecule has 0 aliphatic carbocycles. The smallest absolute Gasteiger partial charge is 0.276 e. The third-order valence-corrected chi connectivity index (χ3v) is 2.66. The van der Waals surface area contributed by atoms with Crippen molar-refractivity contribution >= 4 is 17.4 Å². The van der Waals surface area contributed by atoms with Crippen molar-refractivity contribution in [1.29, 1.82) is 0 Å². The summed E-state index contributed by atoms with van der Waals surface area (Å²) in [5.74, 6) is 0.234. The average Bonchev–Trinajstić information content (AvgIpc) is 2.64. The Bertz CT molecular complexity index is 469. The van der Waals surface area contributed by atoms with Crippen molar-refractivity contribution in [3.05, 3.63) is 16.7 Å². The Labute approximate surface area is 91.5 Å². The van der Waals surface area contributed by atoms with Gasteiger partial charge in [0, 0.05) is 13.0 Å². The molecule has 2 rings (SSSR count). The van der Waals surface area contributed by atoms with E-state index in [9.17, 15) is 9.59 Å². The summed E-state index contributed by atoms with van der Waals surface area (Å²) >= 11 is 0. The predicted molar refractivity (Wildman–Crippen MR) is 58.8 cm³/mol. The highest BCUT2D eigenvalue weighted by Crippen LogP contribution is 2.24. The van der Waals surface area contributed by atoms with Crippen LogP contribution in [0.15, 0.2) is 11.1 Å². The van der Waals surface area contributed by atoms with Gasteiger partial charge in [0.15, 0.2) is 5.82 Å². The Morgan fingerprint density at radius 3 is 2.94 bits per heavy atom. The zero-order valence-electron chi connectivity index (χ0n) is 8.64. The van der Waals surface area contributed by atoms with Crippen molar-refractivity contribution < 1.29 is 4.79 Å². The molecule has 1 aliphatic rings. The Balaban J connectivity index is 2.35. The second kappa shape index (κ2) is 3.93. The lowest BCUT2D eigenvalue weighted by atomic mass is 10.1. The van der Waals surface area contributed by atoms with Crippen LogP contribution in [0.2, 0.25) is 0 Å². The van der Waals surface area contributed by atoms with E-state index in [0.29, 0.717) is 19.5 Å². The molecule has 0 bridgehead atoms. The second-order valence-corrected chi connectivity index (χ2v) is 3.78. The van der Waals surface area contributed by atoms with Crippen molar-refractivity contribution in [2.45, 2.75) is 6.42 Å². The fourth-order valence-corrected chi connectivity index (χ4v) is 1.76. The van der Waals surface area contributed by atoms with E-state index >= 15 is 0 Å². The number of rotatable bonds is 2. The van der Waals surface area contributed by atoms with Crippen LogP contribution in [0.4, 0.5) is 11.5 Å². The predicted octanol–water partition coefficient (Wildman–Crippen LogP) is -1.34. The van der Waals surface area contributed by atoms with Crippen LogP contribution in [-0.2, 0) is 4.79 Å². The van der Waals surface area contributed by atoms with Gasteiger partial charge in [0.2, 0.25) is 5.91 Å². The summed E-state index contributed by atoms with van der Waals surface area (Å²) < 4.78 is 0. The van der Waals surface area contributed by atoms with Crippen molar-refractivity contribution in [2.24, 2.45) is 11.7 Å². The molecule has 1 aliphatic heterocycles. The summed E-state index contributed by atoms with van der Waals surface area (Å²) in [5, 5.41) is 0. The largest absolute Gasteiger partial charge is 0.391 e. The van der Waals surface area contributed by atoms with Crippen molar-refractivity contribution in [2.75, 3.05) is 23.7 Å². The molecule has 1 amide bonds. The van der Waals surface area contributed by atoms with Gasteiger partial charge in [-0.2, -0.15) is 0 Å². The number of hydrogen-bond donors (Lipinski definition) is 3. The average molecular weight is 223 g/mol. The van der Waals surface area contributed by atoms with Crippen LogP contribution in [0.5, 0.6) is 0 Å². The second-order valence-electron chi connectivity index (χ2n) is 3.78. The SMILES string of the molecule is NCC1CC(=O)N(c2nc[nH]c(=O)c2N)C1. The lowest BCUT2D eigenvalue weighted by molar-refractivity contribution is -0.117. The highest BCUT2D eigenvalue weighted by atomic mass is 16.2. The summed E-state index contributed by atoms with van der Waals surface area (Å²) in [4.78, 5) is 30.6. The van der Waals surface area contributed by atoms with E-state index in [1.807, 2.05) is 0 Å². The quantitative estimate of drug-likeness (QED) is 0.573. The number of hydrogen-bond acceptors (Lipinski definition) is 5. The molecule has 1 aromatic rings. The van der Waals surface area contributed by atoms with E-state index in [1.54, 1.807) is 0 Å². The first-order chi connectivity index (χ1) is 7.63. The molecule has 1 aromatic heterocycles. The summed E-state index contributed by atoms with van der Waals surface area (Å²) in [6, 6.07) is 0. The zero-order valence-corrected chi connectivity index (χ0v) is 8.64. The molecule has 0 radical (unpaired) electrons. The van der Waals surface area contributed by atoms with Gasteiger partial charge in [-0.05, 0) is 12.5 Å². The van der Waals surface area contributed by atoms with Crippen LogP contribution >= 0.6 is 0 Å². The number of carbonyl (C=O) groups is 1. The number of nitrogens with one attached hydrogen (secondary N) is 1. The highest BCUT2D eigenvalue weighted by molar-refractivity contribution is 5.97. The third kappa shape index (κ3) is 1.65. The van der Waals surface area contributed by atoms with Gasteiger partial charge in [0.05, 0.1) is 6.33 Å². The van der Waals surface area contributed by atoms with Crippen molar-refractivity contribution in [3.63, 3.8) is 0 Å². The number of nitrogen functional groups attached to an aromatic ring is 1.